The molecule has 0 aromatic carbocycles. The van der Waals surface area contributed by atoms with Gasteiger partial charge in [-0.1, -0.05) is 6.92 Å². The Morgan fingerprint density at radius 1 is 1.44 bits per heavy atom. The van der Waals surface area contributed by atoms with Gasteiger partial charge in [0, 0.05) is 19.8 Å². The molecule has 1 aromatic heterocycles. The molecule has 0 radical (unpaired) electrons. The molecular weight excluding hydrogens is 218 g/mol. The van der Waals surface area contributed by atoms with E-state index in [4.69, 9.17) is 4.74 Å². The number of thiophene rings is 1. The van der Waals surface area contributed by atoms with Crippen molar-refractivity contribution in [3.63, 3.8) is 0 Å². The largest absolute Gasteiger partial charge is 0.381 e. The summed E-state index contributed by atoms with van der Waals surface area (Å²) in [6, 6.07) is 2.26. The molecule has 0 aliphatic carbocycles. The highest BCUT2D eigenvalue weighted by molar-refractivity contribution is 7.07. The second kappa shape index (κ2) is 5.80. The van der Waals surface area contributed by atoms with Crippen LogP contribution in [-0.2, 0) is 11.2 Å². The predicted molar refractivity (Wildman–Crippen MR) is 69.1 cm³/mol. The molecule has 1 aliphatic heterocycles. The van der Waals surface area contributed by atoms with Crippen LogP contribution >= 0.6 is 11.3 Å². The molecule has 2 nitrogen and oxygen atoms in total. The smallest absolute Gasteiger partial charge is 0.0471 e. The number of nitrogens with one attached hydrogen (secondary N) is 1. The van der Waals surface area contributed by atoms with Crippen LogP contribution < -0.4 is 5.32 Å². The zero-order valence-electron chi connectivity index (χ0n) is 10.00. The van der Waals surface area contributed by atoms with Crippen LogP contribution in [0.15, 0.2) is 16.8 Å². The summed E-state index contributed by atoms with van der Waals surface area (Å²) >= 11 is 1.80. The average molecular weight is 239 g/mol. The topological polar surface area (TPSA) is 21.3 Å². The molecule has 1 aromatic rings. The standard InChI is InChI=1S/C13H21NOS/c1-2-14-11-13(4-6-15-7-5-13)9-12-3-8-16-10-12/h3,8,10,14H,2,4-7,9,11H2,1H3. The van der Waals surface area contributed by atoms with Gasteiger partial charge in [-0.05, 0) is 53.6 Å². The maximum absolute atomic E-state index is 5.50. The Hall–Kier alpha value is -0.380. The van der Waals surface area contributed by atoms with Crippen molar-refractivity contribution in [1.82, 2.24) is 5.32 Å². The van der Waals surface area contributed by atoms with E-state index in [0.29, 0.717) is 5.41 Å². The molecule has 0 bridgehead atoms. The van der Waals surface area contributed by atoms with Crippen LogP contribution in [0, 0.1) is 5.41 Å². The molecule has 1 aliphatic rings. The Morgan fingerprint density at radius 3 is 2.88 bits per heavy atom. The van der Waals surface area contributed by atoms with Gasteiger partial charge in [-0.2, -0.15) is 11.3 Å². The summed E-state index contributed by atoms with van der Waals surface area (Å²) in [5.41, 5.74) is 1.92. The quantitative estimate of drug-likeness (QED) is 0.853. The molecule has 16 heavy (non-hydrogen) atoms. The van der Waals surface area contributed by atoms with Crippen molar-refractivity contribution in [1.29, 1.82) is 0 Å². The van der Waals surface area contributed by atoms with Crippen LogP contribution in [0.4, 0.5) is 0 Å². The van der Waals surface area contributed by atoms with Crippen molar-refractivity contribution in [3.05, 3.63) is 22.4 Å². The molecule has 1 fully saturated rings. The van der Waals surface area contributed by atoms with Gasteiger partial charge in [0.25, 0.3) is 0 Å². The van der Waals surface area contributed by atoms with Crippen LogP contribution in [-0.4, -0.2) is 26.3 Å². The SMILES string of the molecule is CCNCC1(Cc2ccsc2)CCOCC1. The third kappa shape index (κ3) is 3.06. The van der Waals surface area contributed by atoms with E-state index in [1.165, 1.54) is 24.8 Å². The van der Waals surface area contributed by atoms with Gasteiger partial charge in [-0.25, -0.2) is 0 Å². The number of ether oxygens (including phenoxy) is 1. The molecular formula is C13H21NOS. The van der Waals surface area contributed by atoms with Gasteiger partial charge in [0.15, 0.2) is 0 Å². The minimum Gasteiger partial charge on any atom is -0.381 e. The molecule has 1 N–H and O–H groups in total. The summed E-state index contributed by atoms with van der Waals surface area (Å²) in [5.74, 6) is 0. The first-order chi connectivity index (χ1) is 7.85. The fourth-order valence-corrected chi connectivity index (χ4v) is 3.11. The normalized spacial score (nSPS) is 19.8. The molecule has 90 valence electrons. The lowest BCUT2D eigenvalue weighted by Gasteiger charge is -2.37. The summed E-state index contributed by atoms with van der Waals surface area (Å²) in [7, 11) is 0. The molecule has 1 saturated heterocycles. The first-order valence-electron chi connectivity index (χ1n) is 6.14. The summed E-state index contributed by atoms with van der Waals surface area (Å²) < 4.78 is 5.50. The Labute approximate surface area is 102 Å². The zero-order valence-corrected chi connectivity index (χ0v) is 10.8. The minimum atomic E-state index is 0.426. The maximum atomic E-state index is 5.50. The highest BCUT2D eigenvalue weighted by Gasteiger charge is 2.32. The minimum absolute atomic E-state index is 0.426. The van der Waals surface area contributed by atoms with E-state index in [0.717, 1.165) is 26.3 Å². The molecule has 2 rings (SSSR count). The Morgan fingerprint density at radius 2 is 2.25 bits per heavy atom. The van der Waals surface area contributed by atoms with Crippen LogP contribution in [0.2, 0.25) is 0 Å². The lowest BCUT2D eigenvalue weighted by Crippen LogP contribution is -2.40. The van der Waals surface area contributed by atoms with Crippen molar-refractivity contribution in [2.45, 2.75) is 26.2 Å². The van der Waals surface area contributed by atoms with E-state index >= 15 is 0 Å². The van der Waals surface area contributed by atoms with E-state index in [2.05, 4.69) is 29.1 Å². The van der Waals surface area contributed by atoms with Gasteiger partial charge in [-0.15, -0.1) is 0 Å². The molecule has 0 amide bonds. The molecule has 0 unspecified atom stereocenters. The first kappa shape index (κ1) is 12.1. The van der Waals surface area contributed by atoms with Gasteiger partial charge in [0.1, 0.15) is 0 Å². The van der Waals surface area contributed by atoms with Crippen molar-refractivity contribution in [2.24, 2.45) is 5.41 Å². The fourth-order valence-electron chi connectivity index (χ4n) is 2.44. The van der Waals surface area contributed by atoms with Gasteiger partial charge in [0.05, 0.1) is 0 Å². The highest BCUT2D eigenvalue weighted by Crippen LogP contribution is 2.34. The van der Waals surface area contributed by atoms with Gasteiger partial charge < -0.3 is 10.1 Å². The number of rotatable bonds is 5. The van der Waals surface area contributed by atoms with E-state index in [1.54, 1.807) is 11.3 Å². The monoisotopic (exact) mass is 239 g/mol. The fraction of sp³-hybridized carbons (Fsp3) is 0.692. The third-order valence-electron chi connectivity index (χ3n) is 3.46. The second-order valence-corrected chi connectivity index (χ2v) is 5.48. The first-order valence-corrected chi connectivity index (χ1v) is 7.08. The van der Waals surface area contributed by atoms with Gasteiger partial charge >= 0.3 is 0 Å². The summed E-state index contributed by atoms with van der Waals surface area (Å²) in [6.07, 6.45) is 3.58. The van der Waals surface area contributed by atoms with Crippen molar-refractivity contribution in [2.75, 3.05) is 26.3 Å². The number of hydrogen-bond acceptors (Lipinski definition) is 3. The molecule has 0 saturated carbocycles. The number of hydrogen-bond donors (Lipinski definition) is 1. The lowest BCUT2D eigenvalue weighted by molar-refractivity contribution is 0.0152. The van der Waals surface area contributed by atoms with Crippen molar-refractivity contribution in [3.8, 4) is 0 Å². The Balaban J connectivity index is 2.01. The molecule has 0 spiro atoms. The molecule has 0 atom stereocenters. The Kier molecular flexibility index (Phi) is 4.38. The molecule has 3 heteroatoms. The lowest BCUT2D eigenvalue weighted by atomic mass is 9.75. The van der Waals surface area contributed by atoms with E-state index in [-0.39, 0.29) is 0 Å². The van der Waals surface area contributed by atoms with Crippen LogP contribution in [0.1, 0.15) is 25.3 Å². The summed E-state index contributed by atoms with van der Waals surface area (Å²) in [5, 5.41) is 7.98. The van der Waals surface area contributed by atoms with Crippen molar-refractivity contribution < 1.29 is 4.74 Å². The van der Waals surface area contributed by atoms with Crippen LogP contribution in [0.25, 0.3) is 0 Å². The molecule has 2 heterocycles. The average Bonchev–Trinajstić information content (AvgIpc) is 2.80. The predicted octanol–water partition coefficient (Wildman–Crippen LogP) is 2.70. The van der Waals surface area contributed by atoms with Crippen molar-refractivity contribution >= 4 is 11.3 Å². The van der Waals surface area contributed by atoms with Gasteiger partial charge in [-0.3, -0.25) is 0 Å². The van der Waals surface area contributed by atoms with E-state index in [1.807, 2.05) is 0 Å². The summed E-state index contributed by atoms with van der Waals surface area (Å²) in [4.78, 5) is 0. The summed E-state index contributed by atoms with van der Waals surface area (Å²) in [6.45, 7) is 6.22. The highest BCUT2D eigenvalue weighted by atomic mass is 32.1. The Bertz CT molecular complexity index is 291. The van der Waals surface area contributed by atoms with Crippen LogP contribution in [0.5, 0.6) is 0 Å². The van der Waals surface area contributed by atoms with Crippen LogP contribution in [0.3, 0.4) is 0 Å². The van der Waals surface area contributed by atoms with E-state index in [9.17, 15) is 0 Å². The zero-order chi connectivity index (χ0) is 11.3. The maximum Gasteiger partial charge on any atom is 0.0471 e. The second-order valence-electron chi connectivity index (χ2n) is 4.70. The van der Waals surface area contributed by atoms with E-state index < -0.39 is 0 Å². The van der Waals surface area contributed by atoms with Gasteiger partial charge in [0.2, 0.25) is 0 Å². The third-order valence-corrected chi connectivity index (χ3v) is 4.19.